The molecular weight excluding hydrogens is 487 g/mol. The number of sulfonamides is 1. The Bertz CT molecular complexity index is 1230. The van der Waals surface area contributed by atoms with E-state index in [0.29, 0.717) is 23.0 Å². The van der Waals surface area contributed by atoms with Crippen LogP contribution in [0.1, 0.15) is 21.5 Å². The number of amides is 1. The summed E-state index contributed by atoms with van der Waals surface area (Å²) in [4.78, 5) is 13.4. The van der Waals surface area contributed by atoms with Gasteiger partial charge < -0.3 is 5.32 Å². The van der Waals surface area contributed by atoms with Gasteiger partial charge in [-0.15, -0.1) is 11.8 Å². The van der Waals surface area contributed by atoms with Crippen LogP contribution in [0.5, 0.6) is 0 Å². The second kappa shape index (κ2) is 10.6. The fraction of sp³-hybridized carbons (Fsp3) is 0.174. The van der Waals surface area contributed by atoms with E-state index in [1.165, 1.54) is 18.2 Å². The Kier molecular flexibility index (Phi) is 8.11. The van der Waals surface area contributed by atoms with Gasteiger partial charge in [0, 0.05) is 27.8 Å². The summed E-state index contributed by atoms with van der Waals surface area (Å²) < 4.78 is 28.4. The van der Waals surface area contributed by atoms with Crippen LogP contribution >= 0.6 is 35.0 Å². The minimum absolute atomic E-state index is 0.0390. The number of rotatable bonds is 8. The molecule has 0 bridgehead atoms. The monoisotopic (exact) mass is 508 g/mol. The standard InChI is InChI=1S/C23H22Cl2N2O3S2/c1-15-3-10-21(16(2)13-15)27-32(29,30)22-14-17(4-9-20(22)25)23(28)26-11-12-31-19-7-5-18(24)6-8-19/h3-10,13-14,27H,11-12H2,1-2H3,(H,26,28). The van der Waals surface area contributed by atoms with Gasteiger partial charge in [-0.2, -0.15) is 0 Å². The molecule has 3 rings (SSSR count). The molecule has 0 unspecified atom stereocenters. The molecule has 0 aliphatic rings. The molecule has 32 heavy (non-hydrogen) atoms. The van der Waals surface area contributed by atoms with E-state index in [2.05, 4.69) is 10.0 Å². The van der Waals surface area contributed by atoms with Gasteiger partial charge in [0.25, 0.3) is 15.9 Å². The predicted octanol–water partition coefficient (Wildman–Crippen LogP) is 5.93. The molecular formula is C23H22Cl2N2O3S2. The Morgan fingerprint density at radius 1 is 0.969 bits per heavy atom. The minimum atomic E-state index is -3.98. The number of benzene rings is 3. The highest BCUT2D eigenvalue weighted by Crippen LogP contribution is 2.27. The third-order valence-electron chi connectivity index (χ3n) is 4.58. The second-order valence-corrected chi connectivity index (χ2v) is 10.8. The van der Waals surface area contributed by atoms with Crippen LogP contribution in [0.2, 0.25) is 10.0 Å². The van der Waals surface area contributed by atoms with Gasteiger partial charge in [-0.05, 0) is 67.9 Å². The molecule has 2 N–H and O–H groups in total. The lowest BCUT2D eigenvalue weighted by Crippen LogP contribution is -2.26. The number of halogens is 2. The van der Waals surface area contributed by atoms with Crippen LogP contribution in [0.4, 0.5) is 5.69 Å². The van der Waals surface area contributed by atoms with Crippen LogP contribution in [-0.2, 0) is 10.0 Å². The average Bonchev–Trinajstić information content (AvgIpc) is 2.74. The van der Waals surface area contributed by atoms with Crippen LogP contribution in [0, 0.1) is 13.8 Å². The first-order valence-electron chi connectivity index (χ1n) is 9.72. The maximum absolute atomic E-state index is 12.9. The van der Waals surface area contributed by atoms with Crippen molar-refractivity contribution in [3.63, 3.8) is 0 Å². The molecule has 0 aliphatic carbocycles. The maximum Gasteiger partial charge on any atom is 0.263 e. The smallest absolute Gasteiger partial charge is 0.263 e. The predicted molar refractivity (Wildman–Crippen MR) is 133 cm³/mol. The van der Waals surface area contributed by atoms with Crippen molar-refractivity contribution < 1.29 is 13.2 Å². The zero-order valence-corrected chi connectivity index (χ0v) is 20.6. The molecule has 9 heteroatoms. The van der Waals surface area contributed by atoms with Crippen molar-refractivity contribution in [3.05, 3.63) is 87.4 Å². The van der Waals surface area contributed by atoms with Crippen LogP contribution in [0.3, 0.4) is 0 Å². The molecule has 3 aromatic carbocycles. The Labute approximate surface area is 202 Å². The molecule has 168 valence electrons. The number of carbonyl (C=O) groups excluding carboxylic acids is 1. The van der Waals surface area contributed by atoms with E-state index in [0.717, 1.165) is 16.0 Å². The van der Waals surface area contributed by atoms with E-state index in [1.54, 1.807) is 17.8 Å². The van der Waals surface area contributed by atoms with E-state index in [-0.39, 0.29) is 21.4 Å². The Hall–Kier alpha value is -2.19. The Balaban J connectivity index is 1.67. The summed E-state index contributed by atoms with van der Waals surface area (Å²) in [5.74, 6) is 0.279. The summed E-state index contributed by atoms with van der Waals surface area (Å²) in [6.45, 7) is 4.16. The van der Waals surface area contributed by atoms with Gasteiger partial charge in [0.2, 0.25) is 0 Å². The fourth-order valence-corrected chi connectivity index (χ4v) is 5.50. The summed E-state index contributed by atoms with van der Waals surface area (Å²) in [6, 6.07) is 17.0. The third-order valence-corrected chi connectivity index (χ3v) is 7.69. The molecule has 0 saturated heterocycles. The van der Waals surface area contributed by atoms with Crippen LogP contribution in [0.15, 0.2) is 70.5 Å². The number of aryl methyl sites for hydroxylation is 2. The molecule has 0 atom stereocenters. The van der Waals surface area contributed by atoms with Gasteiger partial charge in [-0.25, -0.2) is 8.42 Å². The van der Waals surface area contributed by atoms with E-state index in [4.69, 9.17) is 23.2 Å². The van der Waals surface area contributed by atoms with Crippen molar-refractivity contribution in [3.8, 4) is 0 Å². The third kappa shape index (κ3) is 6.42. The minimum Gasteiger partial charge on any atom is -0.351 e. The molecule has 3 aromatic rings. The van der Waals surface area contributed by atoms with Gasteiger partial charge in [0.05, 0.1) is 10.7 Å². The summed E-state index contributed by atoms with van der Waals surface area (Å²) in [7, 11) is -3.98. The molecule has 5 nitrogen and oxygen atoms in total. The van der Waals surface area contributed by atoms with Gasteiger partial charge in [-0.3, -0.25) is 9.52 Å². The van der Waals surface area contributed by atoms with E-state index < -0.39 is 10.0 Å². The van der Waals surface area contributed by atoms with Crippen LogP contribution in [0.25, 0.3) is 0 Å². The van der Waals surface area contributed by atoms with Gasteiger partial charge >= 0.3 is 0 Å². The highest BCUT2D eigenvalue weighted by Gasteiger charge is 2.21. The summed E-state index contributed by atoms with van der Waals surface area (Å²) in [6.07, 6.45) is 0. The number of hydrogen-bond acceptors (Lipinski definition) is 4. The molecule has 0 aliphatic heterocycles. The highest BCUT2D eigenvalue weighted by molar-refractivity contribution is 7.99. The zero-order valence-electron chi connectivity index (χ0n) is 17.5. The largest absolute Gasteiger partial charge is 0.351 e. The first kappa shape index (κ1) is 24.5. The number of nitrogens with one attached hydrogen (secondary N) is 2. The normalized spacial score (nSPS) is 11.2. The topological polar surface area (TPSA) is 75.3 Å². The lowest BCUT2D eigenvalue weighted by molar-refractivity contribution is 0.0956. The van der Waals surface area contributed by atoms with Crippen molar-refractivity contribution >= 4 is 56.6 Å². The van der Waals surface area contributed by atoms with Crippen molar-refractivity contribution in [2.45, 2.75) is 23.6 Å². The number of carbonyl (C=O) groups is 1. The summed E-state index contributed by atoms with van der Waals surface area (Å²) in [5, 5.41) is 3.51. The Morgan fingerprint density at radius 3 is 2.38 bits per heavy atom. The zero-order chi connectivity index (χ0) is 23.3. The van der Waals surface area contributed by atoms with Crippen molar-refractivity contribution in [2.24, 2.45) is 0 Å². The molecule has 0 aromatic heterocycles. The first-order valence-corrected chi connectivity index (χ1v) is 12.9. The molecule has 0 fully saturated rings. The van der Waals surface area contributed by atoms with E-state index >= 15 is 0 Å². The fourth-order valence-electron chi connectivity index (χ4n) is 2.94. The van der Waals surface area contributed by atoms with Gasteiger partial charge in [0.15, 0.2) is 0 Å². The quantitative estimate of drug-likeness (QED) is 0.292. The van der Waals surface area contributed by atoms with Gasteiger partial charge in [0.1, 0.15) is 4.90 Å². The summed E-state index contributed by atoms with van der Waals surface area (Å²) in [5.41, 5.74) is 2.49. The average molecular weight is 509 g/mol. The second-order valence-electron chi connectivity index (χ2n) is 7.13. The maximum atomic E-state index is 12.9. The van der Waals surface area contributed by atoms with Gasteiger partial charge in [-0.1, -0.05) is 40.9 Å². The molecule has 0 radical (unpaired) electrons. The van der Waals surface area contributed by atoms with E-state index in [1.807, 2.05) is 50.2 Å². The molecule has 0 spiro atoms. The molecule has 0 saturated carbocycles. The van der Waals surface area contributed by atoms with Crippen molar-refractivity contribution in [1.82, 2.24) is 5.32 Å². The van der Waals surface area contributed by atoms with Crippen molar-refractivity contribution in [2.75, 3.05) is 17.0 Å². The van der Waals surface area contributed by atoms with Crippen LogP contribution in [-0.4, -0.2) is 26.6 Å². The lowest BCUT2D eigenvalue weighted by Gasteiger charge is -2.13. The molecule has 0 heterocycles. The van der Waals surface area contributed by atoms with E-state index in [9.17, 15) is 13.2 Å². The number of anilines is 1. The lowest BCUT2D eigenvalue weighted by atomic mass is 10.1. The van der Waals surface area contributed by atoms with Crippen molar-refractivity contribution in [1.29, 1.82) is 0 Å². The Morgan fingerprint density at radius 2 is 1.69 bits per heavy atom. The summed E-state index contributed by atoms with van der Waals surface area (Å²) >= 11 is 13.6. The number of thioether (sulfide) groups is 1. The highest BCUT2D eigenvalue weighted by atomic mass is 35.5. The molecule has 1 amide bonds. The first-order chi connectivity index (χ1) is 15.2. The number of hydrogen-bond donors (Lipinski definition) is 2. The SMILES string of the molecule is Cc1ccc(NS(=O)(=O)c2cc(C(=O)NCCSc3ccc(Cl)cc3)ccc2Cl)c(C)c1. The van der Waals surface area contributed by atoms with Crippen LogP contribution < -0.4 is 10.0 Å².